The maximum Gasteiger partial charge on any atom is 0.251 e. The smallest absolute Gasteiger partial charge is 0.251 e. The van der Waals surface area contributed by atoms with Gasteiger partial charge in [0, 0.05) is 18.5 Å². The van der Waals surface area contributed by atoms with E-state index in [1.807, 2.05) is 6.92 Å². The van der Waals surface area contributed by atoms with E-state index in [9.17, 15) is 4.79 Å². The Hall–Kier alpha value is -1.75. The van der Waals surface area contributed by atoms with Crippen molar-refractivity contribution in [2.75, 3.05) is 25.5 Å². The molecule has 1 saturated heterocycles. The molecule has 1 aliphatic rings. The lowest BCUT2D eigenvalue weighted by Gasteiger charge is -2.14. The van der Waals surface area contributed by atoms with Crippen molar-refractivity contribution in [3.05, 3.63) is 23.8 Å². The Balaban J connectivity index is 2.06. The second kappa shape index (κ2) is 5.73. The first-order chi connectivity index (χ1) is 8.70. The van der Waals surface area contributed by atoms with E-state index in [2.05, 4.69) is 5.32 Å². The lowest BCUT2D eigenvalue weighted by molar-refractivity contribution is 0.0955. The first-order valence-corrected chi connectivity index (χ1v) is 6.13. The van der Waals surface area contributed by atoms with Gasteiger partial charge >= 0.3 is 0 Å². The Bertz CT molecular complexity index is 428. The summed E-state index contributed by atoms with van der Waals surface area (Å²) in [5, 5.41) is 2.73. The maximum absolute atomic E-state index is 11.6. The summed E-state index contributed by atoms with van der Waals surface area (Å²) in [6.07, 6.45) is 0.931. The highest BCUT2D eigenvalue weighted by Gasteiger charge is 2.18. The van der Waals surface area contributed by atoms with Gasteiger partial charge in [0.2, 0.25) is 0 Å². The second-order valence-electron chi connectivity index (χ2n) is 4.22. The van der Waals surface area contributed by atoms with Crippen molar-refractivity contribution in [2.24, 2.45) is 0 Å². The SMILES string of the molecule is CCNC(=O)c1ccc(OC2CCOC2)c(N)c1. The second-order valence-corrected chi connectivity index (χ2v) is 4.22. The van der Waals surface area contributed by atoms with Crippen molar-refractivity contribution in [3.8, 4) is 5.75 Å². The summed E-state index contributed by atoms with van der Waals surface area (Å²) in [7, 11) is 0. The van der Waals surface area contributed by atoms with Gasteiger partial charge in [0.25, 0.3) is 5.91 Å². The standard InChI is InChI=1S/C13H18N2O3/c1-2-15-13(16)9-3-4-12(11(14)7-9)18-10-5-6-17-8-10/h3-4,7,10H,2,5-6,8,14H2,1H3,(H,15,16). The molecule has 1 unspecified atom stereocenters. The number of rotatable bonds is 4. The molecule has 2 rings (SSSR count). The molecular weight excluding hydrogens is 232 g/mol. The fourth-order valence-electron chi connectivity index (χ4n) is 1.85. The van der Waals surface area contributed by atoms with Gasteiger partial charge in [-0.15, -0.1) is 0 Å². The van der Waals surface area contributed by atoms with E-state index in [1.165, 1.54) is 0 Å². The van der Waals surface area contributed by atoms with Gasteiger partial charge in [0.05, 0.1) is 18.9 Å². The predicted molar refractivity (Wildman–Crippen MR) is 68.7 cm³/mol. The van der Waals surface area contributed by atoms with Gasteiger partial charge in [0.15, 0.2) is 0 Å². The molecule has 0 bridgehead atoms. The van der Waals surface area contributed by atoms with E-state index in [-0.39, 0.29) is 12.0 Å². The maximum atomic E-state index is 11.6. The van der Waals surface area contributed by atoms with E-state index in [1.54, 1.807) is 18.2 Å². The van der Waals surface area contributed by atoms with E-state index in [0.717, 1.165) is 13.0 Å². The van der Waals surface area contributed by atoms with Crippen LogP contribution in [-0.4, -0.2) is 31.8 Å². The number of nitrogens with one attached hydrogen (secondary N) is 1. The molecule has 1 atom stereocenters. The third kappa shape index (κ3) is 2.92. The molecule has 0 radical (unpaired) electrons. The minimum atomic E-state index is -0.125. The molecule has 98 valence electrons. The van der Waals surface area contributed by atoms with Crippen molar-refractivity contribution in [3.63, 3.8) is 0 Å². The van der Waals surface area contributed by atoms with E-state index < -0.39 is 0 Å². The number of carbonyl (C=O) groups is 1. The number of benzene rings is 1. The quantitative estimate of drug-likeness (QED) is 0.787. The van der Waals surface area contributed by atoms with Crippen molar-refractivity contribution in [1.82, 2.24) is 5.32 Å². The molecule has 3 N–H and O–H groups in total. The van der Waals surface area contributed by atoms with E-state index in [4.69, 9.17) is 15.2 Å². The number of carbonyl (C=O) groups excluding carboxylic acids is 1. The fourth-order valence-corrected chi connectivity index (χ4v) is 1.85. The third-order valence-electron chi connectivity index (χ3n) is 2.79. The molecule has 5 heteroatoms. The van der Waals surface area contributed by atoms with Crippen LogP contribution in [0.2, 0.25) is 0 Å². The van der Waals surface area contributed by atoms with Crippen molar-refractivity contribution in [1.29, 1.82) is 0 Å². The Kier molecular flexibility index (Phi) is 4.04. The first-order valence-electron chi connectivity index (χ1n) is 6.13. The van der Waals surface area contributed by atoms with Crippen LogP contribution in [0.15, 0.2) is 18.2 Å². The molecule has 0 aromatic heterocycles. The molecule has 0 spiro atoms. The number of anilines is 1. The number of ether oxygens (including phenoxy) is 2. The molecule has 5 nitrogen and oxygen atoms in total. The summed E-state index contributed by atoms with van der Waals surface area (Å²) in [4.78, 5) is 11.6. The lowest BCUT2D eigenvalue weighted by Crippen LogP contribution is -2.23. The van der Waals surface area contributed by atoms with Crippen LogP contribution in [0.1, 0.15) is 23.7 Å². The van der Waals surface area contributed by atoms with Gasteiger partial charge in [-0.25, -0.2) is 0 Å². The first kappa shape index (κ1) is 12.7. The molecule has 1 fully saturated rings. The van der Waals surface area contributed by atoms with Crippen LogP contribution >= 0.6 is 0 Å². The van der Waals surface area contributed by atoms with Crippen LogP contribution in [0.25, 0.3) is 0 Å². The Morgan fingerprint density at radius 1 is 1.61 bits per heavy atom. The topological polar surface area (TPSA) is 73.6 Å². The minimum absolute atomic E-state index is 0.0580. The van der Waals surface area contributed by atoms with Gasteiger partial charge in [0.1, 0.15) is 11.9 Å². The lowest BCUT2D eigenvalue weighted by atomic mass is 10.1. The average molecular weight is 250 g/mol. The van der Waals surface area contributed by atoms with E-state index in [0.29, 0.717) is 30.2 Å². The van der Waals surface area contributed by atoms with Crippen LogP contribution < -0.4 is 15.8 Å². The summed E-state index contributed by atoms with van der Waals surface area (Å²) in [6.45, 7) is 3.79. The van der Waals surface area contributed by atoms with Crippen LogP contribution in [-0.2, 0) is 4.74 Å². The Morgan fingerprint density at radius 2 is 2.44 bits per heavy atom. The number of hydrogen-bond donors (Lipinski definition) is 2. The number of hydrogen-bond acceptors (Lipinski definition) is 4. The van der Waals surface area contributed by atoms with Crippen molar-refractivity contribution in [2.45, 2.75) is 19.4 Å². The molecule has 18 heavy (non-hydrogen) atoms. The summed E-state index contributed by atoms with van der Waals surface area (Å²) in [5.74, 6) is 0.485. The summed E-state index contributed by atoms with van der Waals surface area (Å²) >= 11 is 0. The molecule has 1 amide bonds. The van der Waals surface area contributed by atoms with Gasteiger partial charge in [-0.1, -0.05) is 0 Å². The molecule has 1 aromatic carbocycles. The van der Waals surface area contributed by atoms with Crippen molar-refractivity contribution >= 4 is 11.6 Å². The highest BCUT2D eigenvalue weighted by molar-refractivity contribution is 5.95. The molecule has 1 aromatic rings. The Labute approximate surface area is 106 Å². The molecule has 1 aliphatic heterocycles. The zero-order valence-corrected chi connectivity index (χ0v) is 10.4. The average Bonchev–Trinajstić information content (AvgIpc) is 2.85. The predicted octanol–water partition coefficient (Wildman–Crippen LogP) is 1.19. The minimum Gasteiger partial charge on any atom is -0.486 e. The van der Waals surface area contributed by atoms with Gasteiger partial charge in [-0.2, -0.15) is 0 Å². The molecule has 0 saturated carbocycles. The summed E-state index contributed by atoms with van der Waals surface area (Å²) in [5.41, 5.74) is 6.91. The zero-order valence-electron chi connectivity index (χ0n) is 10.4. The fraction of sp³-hybridized carbons (Fsp3) is 0.462. The number of amides is 1. The van der Waals surface area contributed by atoms with Crippen molar-refractivity contribution < 1.29 is 14.3 Å². The van der Waals surface area contributed by atoms with Gasteiger partial charge < -0.3 is 20.5 Å². The summed E-state index contributed by atoms with van der Waals surface area (Å²) < 4.78 is 11.0. The Morgan fingerprint density at radius 3 is 3.06 bits per heavy atom. The van der Waals surface area contributed by atoms with Gasteiger partial charge in [-0.05, 0) is 25.1 Å². The van der Waals surface area contributed by atoms with Crippen LogP contribution in [0.5, 0.6) is 5.75 Å². The summed E-state index contributed by atoms with van der Waals surface area (Å²) in [6, 6.07) is 5.08. The zero-order chi connectivity index (χ0) is 13.0. The van der Waals surface area contributed by atoms with Crippen LogP contribution in [0, 0.1) is 0 Å². The van der Waals surface area contributed by atoms with Crippen LogP contribution in [0.4, 0.5) is 5.69 Å². The highest BCUT2D eigenvalue weighted by atomic mass is 16.5. The highest BCUT2D eigenvalue weighted by Crippen LogP contribution is 2.25. The number of nitrogens with two attached hydrogens (primary N) is 1. The largest absolute Gasteiger partial charge is 0.486 e. The molecule has 0 aliphatic carbocycles. The van der Waals surface area contributed by atoms with E-state index >= 15 is 0 Å². The molecular formula is C13H18N2O3. The monoisotopic (exact) mass is 250 g/mol. The third-order valence-corrected chi connectivity index (χ3v) is 2.79. The molecule has 1 heterocycles. The van der Waals surface area contributed by atoms with Crippen LogP contribution in [0.3, 0.4) is 0 Å². The van der Waals surface area contributed by atoms with Gasteiger partial charge in [-0.3, -0.25) is 4.79 Å². The number of nitrogen functional groups attached to an aromatic ring is 1. The normalized spacial score (nSPS) is 18.6.